The van der Waals surface area contributed by atoms with E-state index in [-0.39, 0.29) is 0 Å². The standard InChI is InChI=1S/C26H31ClO2/c1-4-19-11-12-20(8-5-7-18(2)17-19)23-9-6-10-24-25(23)29-26(3,28-24)21-13-15-22(27)16-14-21/h6,8-10,13-16,18-19H,4-5,7,11-12,17H2,1-3H3/b20-8+/t18-,19?,26?/m1/s1. The maximum absolute atomic E-state index is 6.48. The Morgan fingerprint density at radius 1 is 1.07 bits per heavy atom. The van der Waals surface area contributed by atoms with Gasteiger partial charge < -0.3 is 9.47 Å². The molecule has 2 unspecified atom stereocenters. The van der Waals surface area contributed by atoms with Crippen molar-refractivity contribution in [2.75, 3.05) is 0 Å². The largest absolute Gasteiger partial charge is 0.445 e. The number of ether oxygens (including phenoxy) is 2. The molecule has 2 aromatic rings. The average Bonchev–Trinajstić information content (AvgIpc) is 3.10. The lowest BCUT2D eigenvalue weighted by molar-refractivity contribution is -0.0681. The van der Waals surface area contributed by atoms with E-state index >= 15 is 0 Å². The topological polar surface area (TPSA) is 18.5 Å². The van der Waals surface area contributed by atoms with Crippen LogP contribution in [0, 0.1) is 11.8 Å². The molecule has 0 saturated carbocycles. The quantitative estimate of drug-likeness (QED) is 0.510. The molecule has 1 aliphatic heterocycles. The zero-order valence-electron chi connectivity index (χ0n) is 17.7. The van der Waals surface area contributed by atoms with Crippen LogP contribution in [0.4, 0.5) is 0 Å². The van der Waals surface area contributed by atoms with E-state index in [4.69, 9.17) is 21.1 Å². The maximum atomic E-state index is 6.48. The number of fused-ring (bicyclic) bond motifs is 1. The van der Waals surface area contributed by atoms with Crippen LogP contribution >= 0.6 is 11.6 Å². The third-order valence-electron chi connectivity index (χ3n) is 6.48. The van der Waals surface area contributed by atoms with Gasteiger partial charge in [0.2, 0.25) is 0 Å². The third-order valence-corrected chi connectivity index (χ3v) is 6.73. The molecule has 2 nitrogen and oxygen atoms in total. The molecule has 0 aromatic heterocycles. The summed E-state index contributed by atoms with van der Waals surface area (Å²) in [5.41, 5.74) is 3.55. The van der Waals surface area contributed by atoms with Crippen molar-refractivity contribution >= 4 is 17.2 Å². The van der Waals surface area contributed by atoms with Gasteiger partial charge in [0.25, 0.3) is 5.79 Å². The van der Waals surface area contributed by atoms with E-state index in [1.807, 2.05) is 37.3 Å². The Balaban J connectivity index is 1.64. The highest BCUT2D eigenvalue weighted by Gasteiger charge is 2.40. The first kappa shape index (κ1) is 20.3. The van der Waals surface area contributed by atoms with Crippen LogP contribution in [0.15, 0.2) is 48.5 Å². The van der Waals surface area contributed by atoms with Crippen molar-refractivity contribution in [1.29, 1.82) is 0 Å². The van der Waals surface area contributed by atoms with Crippen molar-refractivity contribution in [1.82, 2.24) is 0 Å². The first-order valence-corrected chi connectivity index (χ1v) is 11.3. The minimum atomic E-state index is -0.831. The number of allylic oxidation sites excluding steroid dienone is 2. The Hall–Kier alpha value is -1.93. The molecule has 0 saturated heterocycles. The molecule has 2 aromatic carbocycles. The minimum absolute atomic E-state index is 0.712. The van der Waals surface area contributed by atoms with E-state index in [0.29, 0.717) is 5.02 Å². The van der Waals surface area contributed by atoms with Crippen molar-refractivity contribution in [2.45, 2.75) is 65.1 Å². The van der Waals surface area contributed by atoms with Crippen LogP contribution in [-0.4, -0.2) is 0 Å². The molecule has 0 fully saturated rings. The summed E-state index contributed by atoms with van der Waals surface area (Å²) in [4.78, 5) is 0. The summed E-state index contributed by atoms with van der Waals surface area (Å²) in [5.74, 6) is 2.46. The normalized spacial score (nSPS) is 28.8. The lowest BCUT2D eigenvalue weighted by Gasteiger charge is -2.24. The molecule has 1 aliphatic carbocycles. The van der Waals surface area contributed by atoms with Gasteiger partial charge in [-0.15, -0.1) is 0 Å². The van der Waals surface area contributed by atoms with Crippen molar-refractivity contribution < 1.29 is 9.47 Å². The van der Waals surface area contributed by atoms with Gasteiger partial charge in [-0.2, -0.15) is 0 Å². The van der Waals surface area contributed by atoms with Crippen molar-refractivity contribution in [3.63, 3.8) is 0 Å². The zero-order valence-corrected chi connectivity index (χ0v) is 18.5. The zero-order chi connectivity index (χ0) is 20.4. The van der Waals surface area contributed by atoms with Crippen LogP contribution in [-0.2, 0) is 5.79 Å². The molecule has 0 amide bonds. The molecular formula is C26H31ClO2. The number of benzene rings is 2. The highest BCUT2D eigenvalue weighted by molar-refractivity contribution is 6.30. The fourth-order valence-corrected chi connectivity index (χ4v) is 4.80. The second-order valence-corrected chi connectivity index (χ2v) is 9.19. The Labute approximate surface area is 179 Å². The summed E-state index contributed by atoms with van der Waals surface area (Å²) >= 11 is 6.07. The molecule has 3 atom stereocenters. The van der Waals surface area contributed by atoms with Gasteiger partial charge in [0, 0.05) is 23.1 Å². The van der Waals surface area contributed by atoms with Gasteiger partial charge in [0.1, 0.15) is 0 Å². The van der Waals surface area contributed by atoms with E-state index < -0.39 is 5.79 Å². The molecule has 2 aliphatic rings. The monoisotopic (exact) mass is 410 g/mol. The van der Waals surface area contributed by atoms with E-state index in [9.17, 15) is 0 Å². The predicted molar refractivity (Wildman–Crippen MR) is 121 cm³/mol. The Morgan fingerprint density at radius 3 is 2.62 bits per heavy atom. The maximum Gasteiger partial charge on any atom is 0.275 e. The molecule has 0 N–H and O–H groups in total. The first-order valence-electron chi connectivity index (χ1n) is 10.9. The summed E-state index contributed by atoms with van der Waals surface area (Å²) < 4.78 is 12.8. The molecule has 3 heteroatoms. The summed E-state index contributed by atoms with van der Waals surface area (Å²) in [6.07, 6.45) is 9.78. The molecule has 154 valence electrons. The van der Waals surface area contributed by atoms with Crippen molar-refractivity contribution in [2.24, 2.45) is 11.8 Å². The summed E-state index contributed by atoms with van der Waals surface area (Å²) in [5, 5.41) is 0.712. The molecule has 4 rings (SSSR count). The average molecular weight is 411 g/mol. The van der Waals surface area contributed by atoms with Gasteiger partial charge >= 0.3 is 0 Å². The highest BCUT2D eigenvalue weighted by Crippen LogP contribution is 2.49. The Kier molecular flexibility index (Phi) is 5.92. The van der Waals surface area contributed by atoms with E-state index in [2.05, 4.69) is 32.1 Å². The number of rotatable bonds is 3. The fraction of sp³-hybridized carbons (Fsp3) is 0.462. The SMILES string of the molecule is CCC1CC/C(c2cccc3c2OC(C)(c2ccc(Cl)cc2)O3)=C\CC[C@@H](C)C1. The van der Waals surface area contributed by atoms with Crippen LogP contribution in [0.3, 0.4) is 0 Å². The van der Waals surface area contributed by atoms with Gasteiger partial charge in [0.15, 0.2) is 11.5 Å². The number of hydrogen-bond donors (Lipinski definition) is 0. The third kappa shape index (κ3) is 4.33. The second-order valence-electron chi connectivity index (χ2n) is 8.75. The van der Waals surface area contributed by atoms with Crippen LogP contribution in [0.5, 0.6) is 11.5 Å². The predicted octanol–water partition coefficient (Wildman–Crippen LogP) is 7.99. The molecule has 0 radical (unpaired) electrons. The lowest BCUT2D eigenvalue weighted by Crippen LogP contribution is -2.31. The second kappa shape index (κ2) is 8.44. The summed E-state index contributed by atoms with van der Waals surface area (Å²) in [6.45, 7) is 6.70. The Morgan fingerprint density at radius 2 is 1.86 bits per heavy atom. The Bertz CT molecular complexity index is 886. The number of halogens is 1. The smallest absolute Gasteiger partial charge is 0.275 e. The fourth-order valence-electron chi connectivity index (χ4n) is 4.67. The molecule has 29 heavy (non-hydrogen) atoms. The first-order chi connectivity index (χ1) is 14.0. The van der Waals surface area contributed by atoms with Gasteiger partial charge in [-0.1, -0.05) is 50.1 Å². The van der Waals surface area contributed by atoms with Crippen LogP contribution in [0.2, 0.25) is 5.02 Å². The molecular weight excluding hydrogens is 380 g/mol. The minimum Gasteiger partial charge on any atom is -0.445 e. The molecule has 1 heterocycles. The summed E-state index contributed by atoms with van der Waals surface area (Å²) in [6, 6.07) is 14.0. The van der Waals surface area contributed by atoms with Crippen LogP contribution in [0.1, 0.15) is 70.4 Å². The number of hydrogen-bond acceptors (Lipinski definition) is 2. The molecule has 0 bridgehead atoms. The van der Waals surface area contributed by atoms with Crippen molar-refractivity contribution in [3.8, 4) is 11.5 Å². The van der Waals surface area contributed by atoms with Crippen molar-refractivity contribution in [3.05, 3.63) is 64.7 Å². The summed E-state index contributed by atoms with van der Waals surface area (Å²) in [7, 11) is 0. The van der Waals surface area contributed by atoms with E-state index in [0.717, 1.165) is 41.7 Å². The van der Waals surface area contributed by atoms with Gasteiger partial charge in [-0.05, 0) is 79.8 Å². The van der Waals surface area contributed by atoms with Gasteiger partial charge in [-0.3, -0.25) is 0 Å². The van der Waals surface area contributed by atoms with E-state index in [1.54, 1.807) is 0 Å². The van der Waals surface area contributed by atoms with Crippen LogP contribution < -0.4 is 9.47 Å². The van der Waals surface area contributed by atoms with Crippen LogP contribution in [0.25, 0.3) is 5.57 Å². The number of para-hydroxylation sites is 1. The lowest BCUT2D eigenvalue weighted by atomic mass is 9.88. The van der Waals surface area contributed by atoms with E-state index in [1.165, 1.54) is 36.8 Å². The van der Waals surface area contributed by atoms with Gasteiger partial charge in [0.05, 0.1) is 0 Å². The molecule has 0 spiro atoms. The highest BCUT2D eigenvalue weighted by atomic mass is 35.5. The van der Waals surface area contributed by atoms with Gasteiger partial charge in [-0.25, -0.2) is 0 Å².